The third-order valence-electron chi connectivity index (χ3n) is 2.33. The third kappa shape index (κ3) is 12.1. The molecule has 22 heavy (non-hydrogen) atoms. The van der Waals surface area contributed by atoms with Gasteiger partial charge in [0.05, 0.1) is 6.42 Å². The van der Waals surface area contributed by atoms with Crippen LogP contribution in [-0.4, -0.2) is 49.6 Å². The molecule has 0 fully saturated rings. The molecule has 0 spiro atoms. The number of rotatable bonds is 8. The summed E-state index contributed by atoms with van der Waals surface area (Å²) < 4.78 is 9.34. The summed E-state index contributed by atoms with van der Waals surface area (Å²) in [7, 11) is 1.59. The summed E-state index contributed by atoms with van der Waals surface area (Å²) in [5, 5.41) is 4.96. The Hall–Kier alpha value is -0.500. The Morgan fingerprint density at radius 1 is 1.00 bits per heavy atom. The lowest BCUT2D eigenvalue weighted by Crippen LogP contribution is -2.40. The molecule has 2 N–H and O–H groups in total. The van der Waals surface area contributed by atoms with Gasteiger partial charge < -0.3 is 20.1 Å². The minimum atomic E-state index is -0.928. The highest BCUT2D eigenvalue weighted by atomic mass is 128. The second-order valence-electron chi connectivity index (χ2n) is 4.22. The first-order chi connectivity index (χ1) is 10.3. The number of carbonyl (C=O) groups is 4. The number of carbonyl (C=O) groups excluding carboxylic acids is 4. The minimum Gasteiger partial charge on any atom is -0.427 e. The fourth-order valence-corrected chi connectivity index (χ4v) is 1.09. The molecule has 8 nitrogen and oxygen atoms in total. The highest BCUT2D eigenvalue weighted by Gasteiger charge is 2.19. The molecule has 0 rings (SSSR count). The Morgan fingerprint density at radius 3 is 1.86 bits per heavy atom. The van der Waals surface area contributed by atoms with Crippen molar-refractivity contribution in [1.82, 2.24) is 10.6 Å². The number of amides is 1. The zero-order valence-electron chi connectivity index (χ0n) is 12.8. The average Bonchev–Trinajstić information content (AvgIpc) is 2.46. The van der Waals surface area contributed by atoms with Crippen molar-refractivity contribution in [2.45, 2.75) is 39.3 Å². The second-order valence-corrected chi connectivity index (χ2v) is 4.22. The van der Waals surface area contributed by atoms with E-state index in [9.17, 15) is 19.2 Å². The van der Waals surface area contributed by atoms with Crippen molar-refractivity contribution in [2.24, 2.45) is 0 Å². The SMILES string of the molecule is CNC(C)C(=O)OCOC(=O)C(C)NC(=O)CC(C)=O.II. The van der Waals surface area contributed by atoms with Gasteiger partial charge in [-0.25, -0.2) is 4.79 Å². The van der Waals surface area contributed by atoms with Crippen LogP contribution >= 0.6 is 37.2 Å². The van der Waals surface area contributed by atoms with Gasteiger partial charge in [0.15, 0.2) is 0 Å². The topological polar surface area (TPSA) is 111 Å². The molecule has 0 saturated heterocycles. The normalized spacial score (nSPS) is 12.1. The Labute approximate surface area is 152 Å². The lowest BCUT2D eigenvalue weighted by atomic mass is 10.2. The van der Waals surface area contributed by atoms with Crippen molar-refractivity contribution in [3.05, 3.63) is 0 Å². The Balaban J connectivity index is 0. The van der Waals surface area contributed by atoms with E-state index in [0.29, 0.717) is 0 Å². The minimum absolute atomic E-state index is 0.299. The maximum atomic E-state index is 11.5. The molecule has 2 unspecified atom stereocenters. The molecule has 0 bridgehead atoms. The number of Topliss-reactive ketones (excluding diaryl/α,β-unsaturated/α-hetero) is 1. The molecule has 0 aromatic rings. The number of nitrogens with one attached hydrogen (secondary N) is 2. The molecule has 0 saturated carbocycles. The number of hydrogen-bond acceptors (Lipinski definition) is 7. The van der Waals surface area contributed by atoms with E-state index in [2.05, 4.69) is 57.3 Å². The third-order valence-corrected chi connectivity index (χ3v) is 2.33. The molecule has 0 heterocycles. The first-order valence-corrected chi connectivity index (χ1v) is 12.5. The monoisotopic (exact) mass is 542 g/mol. The quantitative estimate of drug-likeness (QED) is 0.203. The van der Waals surface area contributed by atoms with Crippen molar-refractivity contribution < 1.29 is 28.7 Å². The van der Waals surface area contributed by atoms with Crippen LogP contribution in [0.25, 0.3) is 0 Å². The van der Waals surface area contributed by atoms with Crippen molar-refractivity contribution in [1.29, 1.82) is 0 Å². The van der Waals surface area contributed by atoms with Crippen LogP contribution < -0.4 is 10.6 Å². The summed E-state index contributed by atoms with van der Waals surface area (Å²) in [6, 6.07) is -1.44. The molecule has 0 aliphatic rings. The maximum Gasteiger partial charge on any atom is 0.331 e. The van der Waals surface area contributed by atoms with Gasteiger partial charge in [-0.2, -0.15) is 0 Å². The lowest BCUT2D eigenvalue weighted by molar-refractivity contribution is -0.170. The van der Waals surface area contributed by atoms with Gasteiger partial charge in [-0.15, -0.1) is 0 Å². The van der Waals surface area contributed by atoms with E-state index in [0.717, 1.165) is 0 Å². The number of halogens is 2. The standard InChI is InChI=1S/C12H20N2O6.I2/c1-7(15)5-10(16)14-9(3)12(18)20-6-19-11(17)8(2)13-4;1-2/h8-9,13H,5-6H2,1-4H3,(H,14,16);. The number of ether oxygens (including phenoxy) is 2. The average molecular weight is 542 g/mol. The summed E-state index contributed by atoms with van der Waals surface area (Å²) in [6.07, 6.45) is -0.299. The van der Waals surface area contributed by atoms with Gasteiger partial charge in [-0.1, -0.05) is 0 Å². The summed E-state index contributed by atoms with van der Waals surface area (Å²) in [6.45, 7) is 3.73. The highest BCUT2D eigenvalue weighted by Crippen LogP contribution is 1.93. The van der Waals surface area contributed by atoms with E-state index in [1.807, 2.05) is 0 Å². The molecule has 0 aliphatic heterocycles. The Kier molecular flexibility index (Phi) is 15.2. The van der Waals surface area contributed by atoms with Crippen LogP contribution in [0.4, 0.5) is 0 Å². The smallest absolute Gasteiger partial charge is 0.331 e. The molecular weight excluding hydrogens is 522 g/mol. The molecule has 10 heteroatoms. The zero-order valence-corrected chi connectivity index (χ0v) is 17.1. The van der Waals surface area contributed by atoms with Crippen LogP contribution in [0.2, 0.25) is 0 Å². The largest absolute Gasteiger partial charge is 0.427 e. The molecule has 128 valence electrons. The Morgan fingerprint density at radius 2 is 1.45 bits per heavy atom. The predicted molar refractivity (Wildman–Crippen MR) is 96.5 cm³/mol. The van der Waals surface area contributed by atoms with E-state index in [-0.39, 0.29) is 12.2 Å². The number of likely N-dealkylation sites (N-methyl/N-ethyl adjacent to an activating group) is 1. The molecule has 0 aromatic heterocycles. The van der Waals surface area contributed by atoms with Crippen molar-refractivity contribution >= 4 is 60.9 Å². The first-order valence-electron chi connectivity index (χ1n) is 6.21. The summed E-state index contributed by atoms with van der Waals surface area (Å²) in [5.41, 5.74) is 0. The fraction of sp³-hybridized carbons (Fsp3) is 0.667. The molecular formula is C12H20I2N2O6. The van der Waals surface area contributed by atoms with Crippen molar-refractivity contribution in [2.75, 3.05) is 13.8 Å². The number of esters is 2. The second kappa shape index (κ2) is 14.1. The summed E-state index contributed by atoms with van der Waals surface area (Å²) in [5.74, 6) is -2.19. The fourth-order valence-electron chi connectivity index (χ4n) is 1.09. The molecule has 2 atom stereocenters. The van der Waals surface area contributed by atoms with E-state index in [1.54, 1.807) is 14.0 Å². The first kappa shape index (κ1) is 23.8. The van der Waals surface area contributed by atoms with Crippen LogP contribution in [0, 0.1) is 0 Å². The molecule has 0 aromatic carbocycles. The maximum absolute atomic E-state index is 11.5. The predicted octanol–water partition coefficient (Wildman–Crippen LogP) is 0.893. The van der Waals surface area contributed by atoms with Gasteiger partial charge in [0, 0.05) is 37.2 Å². The van der Waals surface area contributed by atoms with Crippen molar-refractivity contribution in [3.63, 3.8) is 0 Å². The number of hydrogen-bond donors (Lipinski definition) is 2. The van der Waals surface area contributed by atoms with Gasteiger partial charge in [-0.05, 0) is 27.8 Å². The van der Waals surface area contributed by atoms with Gasteiger partial charge in [-0.3, -0.25) is 14.4 Å². The lowest BCUT2D eigenvalue weighted by Gasteiger charge is -2.14. The Bertz CT molecular complexity index is 392. The summed E-state index contributed by atoms with van der Waals surface area (Å²) >= 11 is 4.24. The van der Waals surface area contributed by atoms with E-state index in [1.165, 1.54) is 13.8 Å². The van der Waals surface area contributed by atoms with Crippen LogP contribution in [0.5, 0.6) is 0 Å². The van der Waals surface area contributed by atoms with E-state index < -0.39 is 36.7 Å². The van der Waals surface area contributed by atoms with E-state index in [4.69, 9.17) is 0 Å². The highest BCUT2D eigenvalue weighted by molar-refractivity contribution is 15.0. The molecule has 0 aliphatic carbocycles. The van der Waals surface area contributed by atoms with Crippen molar-refractivity contribution in [3.8, 4) is 0 Å². The van der Waals surface area contributed by atoms with Crippen LogP contribution in [0.1, 0.15) is 27.2 Å². The number of ketones is 1. The van der Waals surface area contributed by atoms with Crippen LogP contribution in [-0.2, 0) is 28.7 Å². The van der Waals surface area contributed by atoms with Gasteiger partial charge in [0.2, 0.25) is 12.7 Å². The van der Waals surface area contributed by atoms with Crippen LogP contribution in [0.3, 0.4) is 0 Å². The van der Waals surface area contributed by atoms with Gasteiger partial charge in [0.1, 0.15) is 17.9 Å². The zero-order chi connectivity index (χ0) is 17.7. The van der Waals surface area contributed by atoms with E-state index >= 15 is 0 Å². The van der Waals surface area contributed by atoms with Gasteiger partial charge in [0.25, 0.3) is 0 Å². The molecule has 1 amide bonds. The van der Waals surface area contributed by atoms with Gasteiger partial charge >= 0.3 is 11.9 Å². The molecule has 0 radical (unpaired) electrons. The summed E-state index contributed by atoms with van der Waals surface area (Å²) in [4.78, 5) is 44.6. The van der Waals surface area contributed by atoms with Crippen LogP contribution in [0.15, 0.2) is 0 Å².